The highest BCUT2D eigenvalue weighted by molar-refractivity contribution is 5.90. The molecule has 0 heterocycles. The molecule has 1 aromatic carbocycles. The van der Waals surface area contributed by atoms with Gasteiger partial charge in [0.2, 0.25) is 0 Å². The lowest BCUT2D eigenvalue weighted by molar-refractivity contribution is -0.132. The molecule has 0 bridgehead atoms. The van der Waals surface area contributed by atoms with Crippen LogP contribution in [-0.4, -0.2) is 19.0 Å². The Morgan fingerprint density at radius 3 is 2.59 bits per heavy atom. The molecule has 1 fully saturated rings. The standard InChI is InChI=1S/C25H34O4/c1-16-8-7-9-22-24(16,4)13-12-17(2)25(22,5)15-20-14-19(23(27)28-6)10-11-21(20)29-18(3)26/h8,10-11,14,17,22H,7,9,12-13,15H2,1-6H3/t17-,22+,24-,25+/m0/s1. The fourth-order valence-corrected chi connectivity index (χ4v) is 5.84. The summed E-state index contributed by atoms with van der Waals surface area (Å²) in [5, 5.41) is 0. The largest absolute Gasteiger partial charge is 0.465 e. The normalized spacial score (nSPS) is 31.4. The maximum atomic E-state index is 12.1. The number of ether oxygens (including phenoxy) is 2. The second-order valence-corrected chi connectivity index (χ2v) is 9.46. The smallest absolute Gasteiger partial charge is 0.337 e. The van der Waals surface area contributed by atoms with Crippen LogP contribution in [0.1, 0.15) is 76.2 Å². The summed E-state index contributed by atoms with van der Waals surface area (Å²) >= 11 is 0. The van der Waals surface area contributed by atoms with Crippen LogP contribution in [0.5, 0.6) is 5.75 Å². The summed E-state index contributed by atoms with van der Waals surface area (Å²) < 4.78 is 10.4. The minimum atomic E-state index is -0.372. The Morgan fingerprint density at radius 1 is 1.21 bits per heavy atom. The number of hydrogen-bond donors (Lipinski definition) is 0. The van der Waals surface area contributed by atoms with E-state index in [2.05, 4.69) is 33.8 Å². The molecule has 1 saturated carbocycles. The van der Waals surface area contributed by atoms with Crippen LogP contribution in [0.2, 0.25) is 0 Å². The maximum absolute atomic E-state index is 12.1. The van der Waals surface area contributed by atoms with Gasteiger partial charge in [0.25, 0.3) is 0 Å². The van der Waals surface area contributed by atoms with Crippen LogP contribution in [0.3, 0.4) is 0 Å². The SMILES string of the molecule is COC(=O)c1ccc(OC(C)=O)c(C[C@]2(C)[C@@H](C)CC[C@@]3(C)C(C)=CCC[C@@H]23)c1. The molecule has 3 rings (SSSR count). The number of methoxy groups -OCH3 is 1. The molecule has 4 nitrogen and oxygen atoms in total. The van der Waals surface area contributed by atoms with Crippen molar-refractivity contribution in [1.82, 2.24) is 0 Å². The van der Waals surface area contributed by atoms with Gasteiger partial charge in [0.05, 0.1) is 12.7 Å². The van der Waals surface area contributed by atoms with Gasteiger partial charge < -0.3 is 9.47 Å². The fourth-order valence-electron chi connectivity index (χ4n) is 5.84. The van der Waals surface area contributed by atoms with Crippen LogP contribution in [0.25, 0.3) is 0 Å². The average molecular weight is 399 g/mol. The molecule has 0 unspecified atom stereocenters. The first-order valence-corrected chi connectivity index (χ1v) is 10.7. The first-order chi connectivity index (χ1) is 13.6. The molecule has 158 valence electrons. The van der Waals surface area contributed by atoms with Crippen molar-refractivity contribution in [3.05, 3.63) is 41.0 Å². The predicted octanol–water partition coefficient (Wildman–Crippen LogP) is 5.74. The van der Waals surface area contributed by atoms with Gasteiger partial charge in [0.1, 0.15) is 5.75 Å². The molecule has 2 aliphatic carbocycles. The Hall–Kier alpha value is -2.10. The van der Waals surface area contributed by atoms with Crippen LogP contribution in [0.4, 0.5) is 0 Å². The van der Waals surface area contributed by atoms with Crippen molar-refractivity contribution < 1.29 is 19.1 Å². The van der Waals surface area contributed by atoms with Gasteiger partial charge in [-0.3, -0.25) is 4.79 Å². The van der Waals surface area contributed by atoms with Crippen LogP contribution in [0, 0.1) is 22.7 Å². The van der Waals surface area contributed by atoms with Gasteiger partial charge in [-0.25, -0.2) is 4.79 Å². The summed E-state index contributed by atoms with van der Waals surface area (Å²) in [7, 11) is 1.38. The average Bonchev–Trinajstić information content (AvgIpc) is 2.67. The van der Waals surface area contributed by atoms with Crippen molar-refractivity contribution in [1.29, 1.82) is 0 Å². The molecule has 0 saturated heterocycles. The highest BCUT2D eigenvalue weighted by atomic mass is 16.5. The molecular weight excluding hydrogens is 364 g/mol. The molecule has 4 atom stereocenters. The van der Waals surface area contributed by atoms with Gasteiger partial charge in [0, 0.05) is 6.92 Å². The van der Waals surface area contributed by atoms with Crippen LogP contribution >= 0.6 is 0 Å². The number of rotatable bonds is 4. The third-order valence-electron chi connectivity index (χ3n) is 7.90. The molecule has 0 aliphatic heterocycles. The van der Waals surface area contributed by atoms with E-state index in [1.54, 1.807) is 12.1 Å². The van der Waals surface area contributed by atoms with Gasteiger partial charge in [0.15, 0.2) is 0 Å². The Morgan fingerprint density at radius 2 is 1.93 bits per heavy atom. The van der Waals surface area contributed by atoms with Crippen molar-refractivity contribution in [2.24, 2.45) is 22.7 Å². The number of hydrogen-bond acceptors (Lipinski definition) is 4. The summed E-state index contributed by atoms with van der Waals surface area (Å²) in [6, 6.07) is 5.24. The molecule has 0 spiro atoms. The summed E-state index contributed by atoms with van der Waals surface area (Å²) in [5.41, 5.74) is 3.17. The van der Waals surface area contributed by atoms with Crippen LogP contribution in [-0.2, 0) is 16.0 Å². The highest BCUT2D eigenvalue weighted by Gasteiger charge is 2.53. The third-order valence-corrected chi connectivity index (χ3v) is 7.90. The second kappa shape index (κ2) is 7.97. The van der Waals surface area contributed by atoms with Gasteiger partial charge in [-0.2, -0.15) is 0 Å². The van der Waals surface area contributed by atoms with E-state index < -0.39 is 0 Å². The van der Waals surface area contributed by atoms with Gasteiger partial charge in [-0.1, -0.05) is 32.4 Å². The molecule has 29 heavy (non-hydrogen) atoms. The number of esters is 2. The van der Waals surface area contributed by atoms with E-state index >= 15 is 0 Å². The predicted molar refractivity (Wildman–Crippen MR) is 114 cm³/mol. The van der Waals surface area contributed by atoms with Crippen molar-refractivity contribution in [3.63, 3.8) is 0 Å². The lowest BCUT2D eigenvalue weighted by atomic mass is 9.47. The van der Waals surface area contributed by atoms with E-state index in [0.29, 0.717) is 23.1 Å². The summed E-state index contributed by atoms with van der Waals surface area (Å²) in [4.78, 5) is 23.8. The van der Waals surface area contributed by atoms with Gasteiger partial charge in [-0.15, -0.1) is 0 Å². The first-order valence-electron chi connectivity index (χ1n) is 10.7. The number of carbonyl (C=O) groups excluding carboxylic acids is 2. The Kier molecular flexibility index (Phi) is 5.93. The van der Waals surface area contributed by atoms with Gasteiger partial charge in [-0.05, 0) is 85.5 Å². The minimum absolute atomic E-state index is 0.0478. The van der Waals surface area contributed by atoms with Gasteiger partial charge >= 0.3 is 11.9 Å². The van der Waals surface area contributed by atoms with Crippen molar-refractivity contribution in [2.45, 2.75) is 66.7 Å². The Labute approximate surface area is 174 Å². The number of benzene rings is 1. The lowest BCUT2D eigenvalue weighted by Crippen LogP contribution is -2.50. The quantitative estimate of drug-likeness (QED) is 0.369. The zero-order valence-electron chi connectivity index (χ0n) is 18.6. The number of fused-ring (bicyclic) bond motifs is 1. The molecule has 0 amide bonds. The Bertz CT molecular complexity index is 839. The van der Waals surface area contributed by atoms with Crippen LogP contribution < -0.4 is 4.74 Å². The summed E-state index contributed by atoms with van der Waals surface area (Å²) in [6.07, 6.45) is 7.87. The summed E-state index contributed by atoms with van der Waals surface area (Å²) in [5.74, 6) is 0.923. The molecule has 0 aromatic heterocycles. The van der Waals surface area contributed by atoms with E-state index in [4.69, 9.17) is 9.47 Å². The van der Waals surface area contributed by atoms with E-state index in [1.807, 2.05) is 6.07 Å². The molecular formula is C25H34O4. The van der Waals surface area contributed by atoms with E-state index in [1.165, 1.54) is 38.9 Å². The number of allylic oxidation sites excluding steroid dienone is 2. The molecule has 0 radical (unpaired) electrons. The topological polar surface area (TPSA) is 52.6 Å². The van der Waals surface area contributed by atoms with E-state index in [-0.39, 0.29) is 22.8 Å². The third kappa shape index (κ3) is 3.86. The summed E-state index contributed by atoms with van der Waals surface area (Å²) in [6.45, 7) is 10.9. The number of carbonyl (C=O) groups is 2. The zero-order chi connectivity index (χ0) is 21.4. The first kappa shape index (κ1) is 21.6. The molecule has 2 aliphatic rings. The molecule has 0 N–H and O–H groups in total. The minimum Gasteiger partial charge on any atom is -0.465 e. The van der Waals surface area contributed by atoms with E-state index in [0.717, 1.165) is 18.4 Å². The maximum Gasteiger partial charge on any atom is 0.337 e. The lowest BCUT2D eigenvalue weighted by Gasteiger charge is -2.58. The Balaban J connectivity index is 2.04. The highest BCUT2D eigenvalue weighted by Crippen LogP contribution is 2.61. The fraction of sp³-hybridized carbons (Fsp3) is 0.600. The van der Waals surface area contributed by atoms with E-state index in [9.17, 15) is 9.59 Å². The zero-order valence-corrected chi connectivity index (χ0v) is 18.6. The second-order valence-electron chi connectivity index (χ2n) is 9.46. The van der Waals surface area contributed by atoms with Crippen molar-refractivity contribution in [2.75, 3.05) is 7.11 Å². The molecule has 4 heteroatoms. The van der Waals surface area contributed by atoms with Crippen molar-refractivity contribution in [3.8, 4) is 5.75 Å². The van der Waals surface area contributed by atoms with Crippen LogP contribution in [0.15, 0.2) is 29.8 Å². The molecule has 1 aromatic rings. The van der Waals surface area contributed by atoms with Crippen molar-refractivity contribution >= 4 is 11.9 Å². The monoisotopic (exact) mass is 398 g/mol.